The van der Waals surface area contributed by atoms with Gasteiger partial charge in [0.15, 0.2) is 6.10 Å². The molecule has 68 heavy (non-hydrogen) atoms. The number of aromatic nitrogens is 3. The first-order valence-electron chi connectivity index (χ1n) is 22.8. The van der Waals surface area contributed by atoms with Crippen molar-refractivity contribution in [3.8, 4) is 5.69 Å². The molecule has 8 rings (SSSR count). The lowest BCUT2D eigenvalue weighted by molar-refractivity contribution is -0.275. The predicted octanol–water partition coefficient (Wildman–Crippen LogP) is 6.21. The van der Waals surface area contributed by atoms with Crippen molar-refractivity contribution in [3.05, 3.63) is 185 Å². The first-order chi connectivity index (χ1) is 33.2. The molecule has 0 aliphatic carbocycles. The number of hydrogen-bond acceptors (Lipinski definition) is 14. The lowest BCUT2D eigenvalue weighted by Gasteiger charge is -2.45. The van der Waals surface area contributed by atoms with Crippen LogP contribution in [-0.2, 0) is 80.3 Å². The van der Waals surface area contributed by atoms with Crippen LogP contribution >= 0.6 is 0 Å². The number of nitrogens with zero attached hydrogens (tertiary/aromatic N) is 3. The molecule has 2 saturated heterocycles. The van der Waals surface area contributed by atoms with Crippen LogP contribution in [0.3, 0.4) is 0 Å². The number of rotatable bonds is 20. The average molecular weight is 928 g/mol. The Labute approximate surface area is 395 Å². The maximum Gasteiger partial charge on any atom is 0.303 e. The third-order valence-electron chi connectivity index (χ3n) is 11.9. The van der Waals surface area contributed by atoms with E-state index in [1.807, 2.05) is 146 Å². The Morgan fingerprint density at radius 2 is 1.06 bits per heavy atom. The van der Waals surface area contributed by atoms with Crippen LogP contribution in [0.2, 0.25) is 0 Å². The van der Waals surface area contributed by atoms with Gasteiger partial charge in [0.2, 0.25) is 0 Å². The highest BCUT2D eigenvalue weighted by atomic mass is 16.6. The maximum absolute atomic E-state index is 11.8. The molecule has 0 bridgehead atoms. The fourth-order valence-corrected chi connectivity index (χ4v) is 8.43. The van der Waals surface area contributed by atoms with Crippen molar-refractivity contribution in [2.24, 2.45) is 0 Å². The molecular weight excluding hydrogens is 871 g/mol. The summed E-state index contributed by atoms with van der Waals surface area (Å²) in [7, 11) is 0. The second-order valence-corrected chi connectivity index (χ2v) is 16.9. The van der Waals surface area contributed by atoms with Gasteiger partial charge in [0.1, 0.15) is 61.1 Å². The summed E-state index contributed by atoms with van der Waals surface area (Å²) in [5, 5.41) is 31.2. The molecule has 0 spiro atoms. The Balaban J connectivity index is 1.07. The summed E-state index contributed by atoms with van der Waals surface area (Å²) in [4.78, 5) is 23.4. The first kappa shape index (κ1) is 48.3. The summed E-state index contributed by atoms with van der Waals surface area (Å²) in [6.45, 7) is 3.55. The van der Waals surface area contributed by atoms with E-state index in [1.54, 1.807) is 10.9 Å². The van der Waals surface area contributed by atoms with E-state index >= 15 is 0 Å². The van der Waals surface area contributed by atoms with Gasteiger partial charge < -0.3 is 48.1 Å². The highest BCUT2D eigenvalue weighted by Crippen LogP contribution is 2.38. The molecule has 2 aliphatic rings. The molecule has 10 atom stereocenters. The van der Waals surface area contributed by atoms with E-state index < -0.39 is 73.0 Å². The lowest BCUT2D eigenvalue weighted by atomic mass is 9.91. The van der Waals surface area contributed by atoms with Crippen LogP contribution in [0.25, 0.3) is 5.69 Å². The van der Waals surface area contributed by atoms with E-state index in [9.17, 15) is 19.8 Å². The predicted molar refractivity (Wildman–Crippen MR) is 247 cm³/mol. The molecule has 5 aromatic carbocycles. The SMILES string of the molecule is CC(=O)OC[C@H]1OC(Cc2ccc(-n3cc([C@H]4O[C@H](COCc5ccccc5)[C@@H](OCc5ccccc5)[C@H](OCc5ccccc5)[C@@H]4OCc4ccccc4)nn3)cc2)[C@@H](O)[C@@H](O)[C@@H]1OC(C)=O. The molecule has 6 aromatic rings. The summed E-state index contributed by atoms with van der Waals surface area (Å²) < 4.78 is 52.2. The quantitative estimate of drug-likeness (QED) is 0.0826. The van der Waals surface area contributed by atoms with Gasteiger partial charge in [0, 0.05) is 20.3 Å². The van der Waals surface area contributed by atoms with Crippen LogP contribution in [0.4, 0.5) is 0 Å². The van der Waals surface area contributed by atoms with E-state index in [4.69, 9.17) is 37.9 Å². The Morgan fingerprint density at radius 1 is 0.544 bits per heavy atom. The highest BCUT2D eigenvalue weighted by molar-refractivity contribution is 5.66. The van der Waals surface area contributed by atoms with Gasteiger partial charge in [-0.05, 0) is 39.9 Å². The average Bonchev–Trinajstić information content (AvgIpc) is 3.86. The molecule has 356 valence electrons. The fourth-order valence-electron chi connectivity index (χ4n) is 8.43. The molecule has 1 unspecified atom stereocenters. The minimum absolute atomic E-state index is 0.183. The topological polar surface area (TPSA) is 179 Å². The third-order valence-corrected chi connectivity index (χ3v) is 11.9. The van der Waals surface area contributed by atoms with Crippen molar-refractivity contribution < 1.29 is 57.7 Å². The van der Waals surface area contributed by atoms with E-state index in [0.29, 0.717) is 24.6 Å². The number of aliphatic hydroxyl groups is 2. The van der Waals surface area contributed by atoms with Gasteiger partial charge in [-0.1, -0.05) is 139 Å². The zero-order valence-corrected chi connectivity index (χ0v) is 38.0. The van der Waals surface area contributed by atoms with Crippen molar-refractivity contribution in [2.45, 2.75) is 108 Å². The smallest absolute Gasteiger partial charge is 0.303 e. The molecule has 0 saturated carbocycles. The van der Waals surface area contributed by atoms with Gasteiger partial charge in [-0.15, -0.1) is 5.10 Å². The summed E-state index contributed by atoms with van der Waals surface area (Å²) in [6, 6.07) is 47.2. The Kier molecular flexibility index (Phi) is 16.9. The van der Waals surface area contributed by atoms with E-state index in [-0.39, 0.29) is 32.8 Å². The molecule has 2 N–H and O–H groups in total. The summed E-state index contributed by atoms with van der Waals surface area (Å²) in [6.07, 6.45) is -7.42. The molecular formula is C53H57N3O12. The maximum atomic E-state index is 11.8. The van der Waals surface area contributed by atoms with E-state index in [1.165, 1.54) is 13.8 Å². The van der Waals surface area contributed by atoms with Crippen LogP contribution in [0, 0.1) is 0 Å². The lowest BCUT2D eigenvalue weighted by Crippen LogP contribution is -2.60. The van der Waals surface area contributed by atoms with Crippen molar-refractivity contribution >= 4 is 11.9 Å². The zero-order chi connectivity index (χ0) is 47.2. The van der Waals surface area contributed by atoms with Crippen LogP contribution in [0.1, 0.15) is 53.5 Å². The molecule has 15 nitrogen and oxygen atoms in total. The van der Waals surface area contributed by atoms with Gasteiger partial charge >= 0.3 is 11.9 Å². The number of hydrogen-bond donors (Lipinski definition) is 2. The molecule has 2 aliphatic heterocycles. The number of ether oxygens (including phenoxy) is 8. The summed E-state index contributed by atoms with van der Waals surface area (Å²) in [5.41, 5.74) is 5.92. The Morgan fingerprint density at radius 3 is 1.60 bits per heavy atom. The van der Waals surface area contributed by atoms with Crippen molar-refractivity contribution in [3.63, 3.8) is 0 Å². The first-order valence-corrected chi connectivity index (χ1v) is 22.8. The monoisotopic (exact) mass is 927 g/mol. The minimum Gasteiger partial charge on any atom is -0.463 e. The number of carbonyl (C=O) groups excluding carboxylic acids is 2. The van der Waals surface area contributed by atoms with E-state index in [0.717, 1.165) is 27.8 Å². The van der Waals surface area contributed by atoms with Gasteiger partial charge in [-0.25, -0.2) is 4.68 Å². The minimum atomic E-state index is -1.47. The third kappa shape index (κ3) is 12.9. The fraction of sp³-hybridized carbons (Fsp3) is 0.358. The van der Waals surface area contributed by atoms with Gasteiger partial charge in [-0.3, -0.25) is 9.59 Å². The van der Waals surface area contributed by atoms with E-state index in [2.05, 4.69) is 10.3 Å². The van der Waals surface area contributed by atoms with Gasteiger partial charge in [0.25, 0.3) is 0 Å². The van der Waals surface area contributed by atoms with Gasteiger partial charge in [0.05, 0.1) is 51.0 Å². The highest BCUT2D eigenvalue weighted by Gasteiger charge is 2.50. The molecule has 15 heteroatoms. The summed E-state index contributed by atoms with van der Waals surface area (Å²) >= 11 is 0. The number of benzene rings is 5. The van der Waals surface area contributed by atoms with Crippen LogP contribution in [-0.4, -0.2) is 105 Å². The summed E-state index contributed by atoms with van der Waals surface area (Å²) in [5.74, 6) is -1.24. The largest absolute Gasteiger partial charge is 0.463 e. The van der Waals surface area contributed by atoms with Crippen molar-refractivity contribution in [1.82, 2.24) is 15.0 Å². The second-order valence-electron chi connectivity index (χ2n) is 16.9. The van der Waals surface area contributed by atoms with Crippen LogP contribution in [0.5, 0.6) is 0 Å². The number of esters is 2. The standard InChI is InChI=1S/C53H57N3O12/c1-35(57)62-34-46-50(66-36(2)58)48(60)47(59)44(67-46)27-37-23-25-42(26-24-37)56-28-43(54-55-56)49-52(64-31-40-19-11-5-12-20-40)53(65-32-41-21-13-6-14-22-41)51(63-30-39-17-9-4-10-18-39)45(68-49)33-61-29-38-15-7-3-8-16-38/h3-26,28,44-53,59-60H,27,29-34H2,1-2H3/t44?,45-,46-,47-,48-,49-,50-,51-,52-,53+/m1/s1. The Bertz CT molecular complexity index is 2460. The molecule has 0 amide bonds. The van der Waals surface area contributed by atoms with Gasteiger partial charge in [-0.2, -0.15) is 0 Å². The number of aliphatic hydroxyl groups excluding tert-OH is 2. The molecule has 3 heterocycles. The normalized spacial score (nSPS) is 24.8. The zero-order valence-electron chi connectivity index (χ0n) is 38.0. The molecule has 2 fully saturated rings. The van der Waals surface area contributed by atoms with Crippen molar-refractivity contribution in [1.29, 1.82) is 0 Å². The van der Waals surface area contributed by atoms with Crippen LogP contribution < -0.4 is 0 Å². The van der Waals surface area contributed by atoms with Crippen LogP contribution in [0.15, 0.2) is 152 Å². The molecule has 1 aromatic heterocycles. The number of carbonyl (C=O) groups is 2. The second kappa shape index (κ2) is 23.7. The molecule has 0 radical (unpaired) electrons. The van der Waals surface area contributed by atoms with Crippen molar-refractivity contribution in [2.75, 3.05) is 13.2 Å². The Hall–Kier alpha value is -6.14.